The quantitative estimate of drug-likeness (QED) is 0.894. The maximum atomic E-state index is 12.3. The first-order chi connectivity index (χ1) is 10.4. The third kappa shape index (κ3) is 5.04. The first-order valence-corrected chi connectivity index (χ1v) is 9.12. The molecule has 6 heteroatoms. The maximum Gasteiger partial charge on any atom is 0.242 e. The molecular formula is C17H28N2O3S. The summed E-state index contributed by atoms with van der Waals surface area (Å²) >= 11 is 0. The number of benzene rings is 1. The molecule has 0 saturated heterocycles. The smallest absolute Gasteiger partial charge is 0.242 e. The Morgan fingerprint density at radius 3 is 2.30 bits per heavy atom. The van der Waals surface area contributed by atoms with Gasteiger partial charge in [-0.2, -0.15) is 0 Å². The standard InChI is InChI=1S/C17H28N2O3S/c1-12-8-9-14(11-15(12)23(21,22)19(6)7)18-16(20)10-13(2)17(3,4)5/h8-9,11,13H,10H2,1-7H3,(H,18,20). The van der Waals surface area contributed by atoms with Crippen LogP contribution in [0.3, 0.4) is 0 Å². The van der Waals surface area contributed by atoms with Crippen LogP contribution in [-0.2, 0) is 14.8 Å². The van der Waals surface area contributed by atoms with Gasteiger partial charge in [-0.25, -0.2) is 12.7 Å². The zero-order valence-electron chi connectivity index (χ0n) is 15.1. The van der Waals surface area contributed by atoms with E-state index >= 15 is 0 Å². The lowest BCUT2D eigenvalue weighted by atomic mass is 9.80. The van der Waals surface area contributed by atoms with Gasteiger partial charge in [-0.15, -0.1) is 0 Å². The summed E-state index contributed by atoms with van der Waals surface area (Å²) in [6, 6.07) is 4.95. The molecule has 1 rings (SSSR count). The minimum absolute atomic E-state index is 0.0457. The Balaban J connectivity index is 2.98. The summed E-state index contributed by atoms with van der Waals surface area (Å²) in [5.74, 6) is 0.113. The minimum atomic E-state index is -3.53. The van der Waals surface area contributed by atoms with Crippen LogP contribution in [0.4, 0.5) is 5.69 Å². The Bertz CT molecular complexity index is 674. The fourth-order valence-electron chi connectivity index (χ4n) is 1.95. The van der Waals surface area contributed by atoms with Gasteiger partial charge in [-0.3, -0.25) is 4.79 Å². The SMILES string of the molecule is Cc1ccc(NC(=O)CC(C)C(C)(C)C)cc1S(=O)(=O)N(C)C. The highest BCUT2D eigenvalue weighted by atomic mass is 32.2. The van der Waals surface area contributed by atoms with Crippen LogP contribution in [0.15, 0.2) is 23.1 Å². The van der Waals surface area contributed by atoms with E-state index in [9.17, 15) is 13.2 Å². The van der Waals surface area contributed by atoms with Crippen molar-refractivity contribution < 1.29 is 13.2 Å². The van der Waals surface area contributed by atoms with Gasteiger partial charge in [0.05, 0.1) is 4.90 Å². The van der Waals surface area contributed by atoms with Gasteiger partial charge in [0.1, 0.15) is 0 Å². The highest BCUT2D eigenvalue weighted by molar-refractivity contribution is 7.89. The van der Waals surface area contributed by atoms with Crippen LogP contribution >= 0.6 is 0 Å². The number of anilines is 1. The minimum Gasteiger partial charge on any atom is -0.326 e. The van der Waals surface area contributed by atoms with Crippen LogP contribution in [0.2, 0.25) is 0 Å². The molecule has 0 aliphatic carbocycles. The molecule has 0 fully saturated rings. The number of hydrogen-bond acceptors (Lipinski definition) is 3. The number of amides is 1. The number of sulfonamides is 1. The van der Waals surface area contributed by atoms with Crippen LogP contribution in [0.1, 0.15) is 39.7 Å². The molecule has 1 aromatic carbocycles. The van der Waals surface area contributed by atoms with Gasteiger partial charge in [-0.05, 0) is 36.0 Å². The van der Waals surface area contributed by atoms with Crippen molar-refractivity contribution in [2.24, 2.45) is 11.3 Å². The average molecular weight is 340 g/mol. The largest absolute Gasteiger partial charge is 0.326 e. The first-order valence-electron chi connectivity index (χ1n) is 7.68. The summed E-state index contributed by atoms with van der Waals surface area (Å²) in [7, 11) is -0.548. The number of aryl methyl sites for hydroxylation is 1. The Labute approximate surface area is 140 Å². The van der Waals surface area contributed by atoms with E-state index in [0.717, 1.165) is 0 Å². The average Bonchev–Trinajstić information content (AvgIpc) is 2.39. The molecule has 23 heavy (non-hydrogen) atoms. The fraction of sp³-hybridized carbons (Fsp3) is 0.588. The van der Waals surface area contributed by atoms with Crippen molar-refractivity contribution in [1.82, 2.24) is 4.31 Å². The van der Waals surface area contributed by atoms with Crippen molar-refractivity contribution in [2.75, 3.05) is 19.4 Å². The number of nitrogens with one attached hydrogen (secondary N) is 1. The van der Waals surface area contributed by atoms with E-state index in [4.69, 9.17) is 0 Å². The zero-order valence-corrected chi connectivity index (χ0v) is 15.9. The molecule has 0 aliphatic rings. The molecule has 0 heterocycles. The highest BCUT2D eigenvalue weighted by Gasteiger charge is 2.23. The second kappa shape index (κ2) is 7.01. The van der Waals surface area contributed by atoms with E-state index in [1.165, 1.54) is 24.5 Å². The normalized spacial score (nSPS) is 13.9. The van der Waals surface area contributed by atoms with Gasteiger partial charge < -0.3 is 5.32 Å². The van der Waals surface area contributed by atoms with Crippen LogP contribution in [-0.4, -0.2) is 32.7 Å². The third-order valence-corrected chi connectivity index (χ3v) is 6.16. The maximum absolute atomic E-state index is 12.3. The van der Waals surface area contributed by atoms with Crippen LogP contribution in [0.5, 0.6) is 0 Å². The van der Waals surface area contributed by atoms with Gasteiger partial charge in [0, 0.05) is 26.2 Å². The van der Waals surface area contributed by atoms with E-state index in [-0.39, 0.29) is 22.1 Å². The number of carbonyl (C=O) groups is 1. The van der Waals surface area contributed by atoms with E-state index in [0.29, 0.717) is 17.7 Å². The van der Waals surface area contributed by atoms with Crippen LogP contribution in [0.25, 0.3) is 0 Å². The van der Waals surface area contributed by atoms with E-state index in [1.54, 1.807) is 19.1 Å². The summed E-state index contributed by atoms with van der Waals surface area (Å²) < 4.78 is 25.8. The van der Waals surface area contributed by atoms with E-state index in [1.807, 2.05) is 6.92 Å². The molecule has 5 nitrogen and oxygen atoms in total. The van der Waals surface area contributed by atoms with E-state index in [2.05, 4.69) is 26.1 Å². The van der Waals surface area contributed by atoms with Gasteiger partial charge in [-0.1, -0.05) is 33.8 Å². The number of carbonyl (C=O) groups excluding carboxylic acids is 1. The van der Waals surface area contributed by atoms with Crippen LogP contribution in [0, 0.1) is 18.3 Å². The second-order valence-corrected chi connectivity index (χ2v) is 9.41. The topological polar surface area (TPSA) is 66.5 Å². The zero-order chi connectivity index (χ0) is 18.0. The molecule has 0 radical (unpaired) electrons. The molecule has 1 aromatic rings. The summed E-state index contributed by atoms with van der Waals surface area (Å²) in [5.41, 5.74) is 1.20. The molecule has 0 aliphatic heterocycles. The molecular weight excluding hydrogens is 312 g/mol. The summed E-state index contributed by atoms with van der Waals surface area (Å²) in [4.78, 5) is 12.4. The third-order valence-electron chi connectivity index (χ3n) is 4.20. The Kier molecular flexibility index (Phi) is 5.99. The Hall–Kier alpha value is -1.40. The van der Waals surface area contributed by atoms with Gasteiger partial charge in [0.15, 0.2) is 0 Å². The molecule has 1 amide bonds. The first kappa shape index (κ1) is 19.6. The van der Waals surface area contributed by atoms with Crippen LogP contribution < -0.4 is 5.32 Å². The fourth-order valence-corrected chi connectivity index (χ4v) is 3.09. The molecule has 1 N–H and O–H groups in total. The molecule has 1 atom stereocenters. The molecule has 130 valence electrons. The summed E-state index contributed by atoms with van der Waals surface area (Å²) in [6.45, 7) is 10.1. The lowest BCUT2D eigenvalue weighted by molar-refractivity contribution is -0.117. The Morgan fingerprint density at radius 2 is 1.83 bits per heavy atom. The van der Waals surface area contributed by atoms with Crippen molar-refractivity contribution in [3.63, 3.8) is 0 Å². The molecule has 1 unspecified atom stereocenters. The molecule has 0 saturated carbocycles. The summed E-state index contributed by atoms with van der Waals surface area (Å²) in [5, 5.41) is 2.80. The highest BCUT2D eigenvalue weighted by Crippen LogP contribution is 2.28. The lowest BCUT2D eigenvalue weighted by Gasteiger charge is -2.26. The van der Waals surface area contributed by atoms with Crippen molar-refractivity contribution in [3.05, 3.63) is 23.8 Å². The van der Waals surface area contributed by atoms with Gasteiger partial charge >= 0.3 is 0 Å². The van der Waals surface area contributed by atoms with Crippen molar-refractivity contribution in [2.45, 2.75) is 45.9 Å². The number of nitrogens with zero attached hydrogens (tertiary/aromatic N) is 1. The van der Waals surface area contributed by atoms with Gasteiger partial charge in [0.25, 0.3) is 0 Å². The number of rotatable bonds is 5. The second-order valence-electron chi connectivity index (χ2n) is 7.29. The molecule has 0 spiro atoms. The summed E-state index contributed by atoms with van der Waals surface area (Å²) in [6.07, 6.45) is 0.396. The molecule has 0 aromatic heterocycles. The number of hydrogen-bond donors (Lipinski definition) is 1. The molecule has 0 bridgehead atoms. The van der Waals surface area contributed by atoms with E-state index < -0.39 is 10.0 Å². The van der Waals surface area contributed by atoms with Crippen molar-refractivity contribution in [3.8, 4) is 0 Å². The van der Waals surface area contributed by atoms with Crippen molar-refractivity contribution in [1.29, 1.82) is 0 Å². The Morgan fingerprint density at radius 1 is 1.26 bits per heavy atom. The predicted molar refractivity (Wildman–Crippen MR) is 93.9 cm³/mol. The predicted octanol–water partition coefficient (Wildman–Crippen LogP) is 3.26. The lowest BCUT2D eigenvalue weighted by Crippen LogP contribution is -2.25. The monoisotopic (exact) mass is 340 g/mol. The van der Waals surface area contributed by atoms with Crippen molar-refractivity contribution >= 4 is 21.6 Å². The van der Waals surface area contributed by atoms with Gasteiger partial charge in [0.2, 0.25) is 15.9 Å².